The highest BCUT2D eigenvalue weighted by Crippen LogP contribution is 2.24. The average molecular weight is 289 g/mol. The zero-order chi connectivity index (χ0) is 15.2. The molecule has 1 saturated heterocycles. The first-order valence-corrected chi connectivity index (χ1v) is 7.46. The molecule has 114 valence electrons. The Balaban J connectivity index is 1.89. The third kappa shape index (κ3) is 4.56. The maximum Gasteiger partial charge on any atom is 0.248 e. The van der Waals surface area contributed by atoms with Gasteiger partial charge in [0.2, 0.25) is 11.8 Å². The summed E-state index contributed by atoms with van der Waals surface area (Å²) in [7, 11) is 0. The largest absolute Gasteiger partial charge is 0.366 e. The fraction of sp³-hybridized carbons (Fsp3) is 0.500. The van der Waals surface area contributed by atoms with Crippen LogP contribution in [0.4, 0.5) is 5.69 Å². The summed E-state index contributed by atoms with van der Waals surface area (Å²) in [6.07, 6.45) is 2.77. The van der Waals surface area contributed by atoms with Crippen LogP contribution in [-0.4, -0.2) is 24.9 Å². The molecular weight excluding hydrogens is 266 g/mol. The smallest absolute Gasteiger partial charge is 0.248 e. The first kappa shape index (κ1) is 15.5. The molecule has 1 heterocycles. The number of anilines is 1. The molecule has 2 amide bonds. The van der Waals surface area contributed by atoms with Crippen molar-refractivity contribution in [2.75, 3.05) is 18.4 Å². The lowest BCUT2D eigenvalue weighted by Gasteiger charge is -2.27. The molecule has 1 aliphatic rings. The van der Waals surface area contributed by atoms with Crippen LogP contribution in [0.15, 0.2) is 24.3 Å². The molecule has 0 aliphatic carbocycles. The van der Waals surface area contributed by atoms with Crippen LogP contribution in [0.25, 0.3) is 0 Å². The Labute approximate surface area is 125 Å². The van der Waals surface area contributed by atoms with Gasteiger partial charge in [0.25, 0.3) is 0 Å². The number of hydrogen-bond acceptors (Lipinski definition) is 3. The Hall–Kier alpha value is -1.88. The van der Waals surface area contributed by atoms with Crippen LogP contribution in [0, 0.1) is 11.8 Å². The van der Waals surface area contributed by atoms with Crippen molar-refractivity contribution < 1.29 is 9.59 Å². The Morgan fingerprint density at radius 3 is 2.76 bits per heavy atom. The molecule has 1 unspecified atom stereocenters. The Morgan fingerprint density at radius 1 is 1.38 bits per heavy atom. The van der Waals surface area contributed by atoms with Crippen molar-refractivity contribution in [2.45, 2.75) is 26.2 Å². The minimum absolute atomic E-state index is 0.0114. The van der Waals surface area contributed by atoms with E-state index < -0.39 is 5.91 Å². The molecule has 5 nitrogen and oxygen atoms in total. The highest BCUT2D eigenvalue weighted by molar-refractivity contribution is 5.96. The van der Waals surface area contributed by atoms with E-state index in [2.05, 4.69) is 17.6 Å². The van der Waals surface area contributed by atoms with Crippen molar-refractivity contribution in [1.82, 2.24) is 5.32 Å². The van der Waals surface area contributed by atoms with Gasteiger partial charge in [-0.15, -0.1) is 0 Å². The van der Waals surface area contributed by atoms with Gasteiger partial charge in [0.1, 0.15) is 0 Å². The molecule has 5 heteroatoms. The number of hydrogen-bond donors (Lipinski definition) is 3. The van der Waals surface area contributed by atoms with Gasteiger partial charge >= 0.3 is 0 Å². The number of nitrogens with two attached hydrogens (primary N) is 1. The van der Waals surface area contributed by atoms with Crippen LogP contribution in [0.3, 0.4) is 0 Å². The third-order valence-electron chi connectivity index (χ3n) is 4.13. The Kier molecular flexibility index (Phi) is 5.33. The number of benzene rings is 1. The molecule has 0 radical (unpaired) electrons. The lowest BCUT2D eigenvalue weighted by atomic mass is 9.84. The second-order valence-electron chi connectivity index (χ2n) is 5.76. The van der Waals surface area contributed by atoms with E-state index in [1.165, 1.54) is 0 Å². The summed E-state index contributed by atoms with van der Waals surface area (Å²) in [4.78, 5) is 23.2. The van der Waals surface area contributed by atoms with E-state index in [1.54, 1.807) is 24.3 Å². The van der Waals surface area contributed by atoms with E-state index in [0.717, 1.165) is 25.9 Å². The molecule has 1 atom stereocenters. The summed E-state index contributed by atoms with van der Waals surface area (Å²) in [5.74, 6) is 0.470. The number of nitrogens with one attached hydrogen (secondary N) is 2. The maximum absolute atomic E-state index is 12.1. The molecule has 1 aromatic rings. The van der Waals surface area contributed by atoms with Gasteiger partial charge in [-0.3, -0.25) is 9.59 Å². The van der Waals surface area contributed by atoms with Gasteiger partial charge in [-0.25, -0.2) is 0 Å². The molecule has 0 spiro atoms. The summed E-state index contributed by atoms with van der Waals surface area (Å²) < 4.78 is 0. The van der Waals surface area contributed by atoms with E-state index in [1.807, 2.05) is 0 Å². The fourth-order valence-electron chi connectivity index (χ4n) is 2.83. The molecule has 1 fully saturated rings. The summed E-state index contributed by atoms with van der Waals surface area (Å²) >= 11 is 0. The van der Waals surface area contributed by atoms with Gasteiger partial charge in [0, 0.05) is 17.7 Å². The number of amides is 2. The normalized spacial score (nSPS) is 17.2. The zero-order valence-electron chi connectivity index (χ0n) is 12.4. The zero-order valence-corrected chi connectivity index (χ0v) is 12.4. The van der Waals surface area contributed by atoms with Crippen molar-refractivity contribution >= 4 is 17.5 Å². The number of carbonyl (C=O) groups excluding carboxylic acids is 2. The summed E-state index contributed by atoms with van der Waals surface area (Å²) in [6, 6.07) is 6.72. The van der Waals surface area contributed by atoms with Crippen LogP contribution in [0.5, 0.6) is 0 Å². The summed E-state index contributed by atoms with van der Waals surface area (Å²) in [6.45, 7) is 4.21. The average Bonchev–Trinajstić information content (AvgIpc) is 2.48. The van der Waals surface area contributed by atoms with Crippen molar-refractivity contribution in [3.05, 3.63) is 29.8 Å². The molecule has 1 aromatic carbocycles. The second kappa shape index (κ2) is 7.22. The van der Waals surface area contributed by atoms with Crippen LogP contribution in [0.1, 0.15) is 36.5 Å². The van der Waals surface area contributed by atoms with Crippen LogP contribution >= 0.6 is 0 Å². The number of rotatable bonds is 5. The topological polar surface area (TPSA) is 84.2 Å². The van der Waals surface area contributed by atoms with Gasteiger partial charge in [-0.2, -0.15) is 0 Å². The lowest BCUT2D eigenvalue weighted by molar-refractivity contribution is -0.117. The van der Waals surface area contributed by atoms with Gasteiger partial charge in [-0.05, 0) is 56.0 Å². The van der Waals surface area contributed by atoms with E-state index in [0.29, 0.717) is 29.5 Å². The number of primary amides is 1. The predicted octanol–water partition coefficient (Wildman–Crippen LogP) is 1.75. The molecule has 0 saturated carbocycles. The van der Waals surface area contributed by atoms with Gasteiger partial charge in [-0.1, -0.05) is 13.0 Å². The highest BCUT2D eigenvalue weighted by atomic mass is 16.2. The molecule has 4 N–H and O–H groups in total. The summed E-state index contributed by atoms with van der Waals surface area (Å²) in [5.41, 5.74) is 6.26. The second-order valence-corrected chi connectivity index (χ2v) is 5.76. The monoisotopic (exact) mass is 289 g/mol. The first-order chi connectivity index (χ1) is 10.1. The SMILES string of the molecule is CC(CC(=O)Nc1cccc(C(N)=O)c1)C1CCNCC1. The van der Waals surface area contributed by atoms with Crippen molar-refractivity contribution in [3.63, 3.8) is 0 Å². The van der Waals surface area contributed by atoms with Crippen molar-refractivity contribution in [3.8, 4) is 0 Å². The molecular formula is C16H23N3O2. The van der Waals surface area contributed by atoms with E-state index in [4.69, 9.17) is 5.73 Å². The van der Waals surface area contributed by atoms with Gasteiger partial charge in [0.15, 0.2) is 0 Å². The van der Waals surface area contributed by atoms with Gasteiger partial charge in [0.05, 0.1) is 0 Å². The quantitative estimate of drug-likeness (QED) is 0.772. The van der Waals surface area contributed by atoms with Crippen LogP contribution in [0.2, 0.25) is 0 Å². The van der Waals surface area contributed by atoms with E-state index in [-0.39, 0.29) is 5.91 Å². The Bertz CT molecular complexity index is 510. The predicted molar refractivity (Wildman–Crippen MR) is 83.0 cm³/mol. The third-order valence-corrected chi connectivity index (χ3v) is 4.13. The highest BCUT2D eigenvalue weighted by Gasteiger charge is 2.22. The van der Waals surface area contributed by atoms with Gasteiger partial charge < -0.3 is 16.4 Å². The minimum Gasteiger partial charge on any atom is -0.366 e. The van der Waals surface area contributed by atoms with Crippen molar-refractivity contribution in [1.29, 1.82) is 0 Å². The Morgan fingerprint density at radius 2 is 2.10 bits per heavy atom. The molecule has 0 aromatic heterocycles. The minimum atomic E-state index is -0.492. The molecule has 1 aliphatic heterocycles. The molecule has 2 rings (SSSR count). The standard InChI is InChI=1S/C16H23N3O2/c1-11(12-5-7-18-8-6-12)9-15(20)19-14-4-2-3-13(10-14)16(17)21/h2-4,10-12,18H,5-9H2,1H3,(H2,17,21)(H,19,20). The molecule has 0 bridgehead atoms. The van der Waals surface area contributed by atoms with E-state index >= 15 is 0 Å². The van der Waals surface area contributed by atoms with E-state index in [9.17, 15) is 9.59 Å². The van der Waals surface area contributed by atoms with Crippen LogP contribution in [-0.2, 0) is 4.79 Å². The summed E-state index contributed by atoms with van der Waals surface area (Å²) in [5, 5.41) is 6.18. The number of piperidine rings is 1. The van der Waals surface area contributed by atoms with Crippen LogP contribution < -0.4 is 16.4 Å². The lowest BCUT2D eigenvalue weighted by Crippen LogP contribution is -2.32. The fourth-order valence-corrected chi connectivity index (χ4v) is 2.83. The first-order valence-electron chi connectivity index (χ1n) is 7.46. The molecule has 21 heavy (non-hydrogen) atoms. The van der Waals surface area contributed by atoms with Crippen molar-refractivity contribution in [2.24, 2.45) is 17.6 Å². The maximum atomic E-state index is 12.1. The number of carbonyl (C=O) groups is 2.